The maximum atomic E-state index is 12.7. The molecule has 1 aromatic carbocycles. The number of fused-ring (bicyclic) bond motifs is 1. The van der Waals surface area contributed by atoms with Crippen LogP contribution in [-0.4, -0.2) is 44.7 Å². The van der Waals surface area contributed by atoms with Crippen LogP contribution in [0.5, 0.6) is 0 Å². The zero-order chi connectivity index (χ0) is 15.7. The van der Waals surface area contributed by atoms with E-state index in [1.54, 1.807) is 18.2 Å². The molecule has 0 radical (unpaired) electrons. The third-order valence-corrected chi connectivity index (χ3v) is 5.52. The van der Waals surface area contributed by atoms with E-state index < -0.39 is 10.0 Å². The lowest BCUT2D eigenvalue weighted by molar-refractivity contribution is 0.0730. The molecule has 0 atom stereocenters. The molecule has 0 saturated carbocycles. The van der Waals surface area contributed by atoms with Crippen molar-refractivity contribution in [2.45, 2.75) is 18.7 Å². The van der Waals surface area contributed by atoms with E-state index in [1.807, 2.05) is 19.9 Å². The van der Waals surface area contributed by atoms with Gasteiger partial charge in [0, 0.05) is 24.5 Å². The second-order valence-corrected chi connectivity index (χ2v) is 7.34. The Morgan fingerprint density at radius 1 is 1.23 bits per heavy atom. The van der Waals surface area contributed by atoms with E-state index in [2.05, 4.69) is 10.3 Å². The molecule has 2 aliphatic rings. The minimum absolute atomic E-state index is 0.281. The molecule has 0 spiro atoms. The van der Waals surface area contributed by atoms with Crippen LogP contribution in [0.25, 0.3) is 0 Å². The minimum atomic E-state index is -3.49. The number of sulfonamides is 1. The highest BCUT2D eigenvalue weighted by Crippen LogP contribution is 2.32. The molecular weight excluding hydrogens is 302 g/mol. The standard InChI is InChI=1S/C15H19N3O3S/c1-11-9-12(2)17-15-10-13(3-4-14(15)16-11)22(19,20)18-5-7-21-8-6-18/h3-4,9-10,17H,5-8H2,1-2H3. The maximum absolute atomic E-state index is 12.7. The Hall–Kier alpha value is -1.70. The number of allylic oxidation sites excluding steroid dienone is 2. The van der Waals surface area contributed by atoms with Gasteiger partial charge in [-0.1, -0.05) is 0 Å². The van der Waals surface area contributed by atoms with Gasteiger partial charge < -0.3 is 10.1 Å². The zero-order valence-corrected chi connectivity index (χ0v) is 13.5. The van der Waals surface area contributed by atoms with Gasteiger partial charge in [-0.15, -0.1) is 0 Å². The summed E-state index contributed by atoms with van der Waals surface area (Å²) < 4.78 is 32.1. The summed E-state index contributed by atoms with van der Waals surface area (Å²) in [6, 6.07) is 5.01. The van der Waals surface area contributed by atoms with Crippen LogP contribution < -0.4 is 5.32 Å². The van der Waals surface area contributed by atoms with E-state index >= 15 is 0 Å². The predicted molar refractivity (Wildman–Crippen MR) is 86.2 cm³/mol. The van der Waals surface area contributed by atoms with Crippen LogP contribution in [0.3, 0.4) is 0 Å². The Morgan fingerprint density at radius 3 is 2.68 bits per heavy atom. The van der Waals surface area contributed by atoms with Crippen molar-refractivity contribution in [2.75, 3.05) is 31.6 Å². The number of hydrogen-bond acceptors (Lipinski definition) is 5. The number of aliphatic imine (C=N–C) groups is 1. The third kappa shape index (κ3) is 2.92. The van der Waals surface area contributed by atoms with Crippen LogP contribution in [0, 0.1) is 0 Å². The van der Waals surface area contributed by atoms with E-state index in [4.69, 9.17) is 4.74 Å². The Bertz CT molecular complexity index is 747. The molecule has 1 fully saturated rings. The van der Waals surface area contributed by atoms with Gasteiger partial charge in [-0.2, -0.15) is 4.31 Å². The van der Waals surface area contributed by atoms with Crippen molar-refractivity contribution in [3.05, 3.63) is 30.0 Å². The number of hydrogen-bond donors (Lipinski definition) is 1. The summed E-state index contributed by atoms with van der Waals surface area (Å²) in [6.07, 6.45) is 1.93. The molecule has 7 heteroatoms. The first kappa shape index (κ1) is 15.2. The molecule has 1 N–H and O–H groups in total. The summed E-state index contributed by atoms with van der Waals surface area (Å²) in [7, 11) is -3.49. The van der Waals surface area contributed by atoms with Crippen molar-refractivity contribution in [2.24, 2.45) is 4.99 Å². The monoisotopic (exact) mass is 321 g/mol. The second kappa shape index (κ2) is 5.83. The van der Waals surface area contributed by atoms with Gasteiger partial charge in [-0.3, -0.25) is 4.99 Å². The molecule has 1 saturated heterocycles. The Kier molecular flexibility index (Phi) is 4.03. The molecule has 2 aliphatic heterocycles. The molecular formula is C15H19N3O3S. The van der Waals surface area contributed by atoms with Gasteiger partial charge in [-0.05, 0) is 38.1 Å². The van der Waals surface area contributed by atoms with Gasteiger partial charge in [-0.25, -0.2) is 8.42 Å². The quantitative estimate of drug-likeness (QED) is 0.906. The van der Waals surface area contributed by atoms with E-state index in [-0.39, 0.29) is 4.90 Å². The molecule has 3 rings (SSSR count). The molecule has 6 nitrogen and oxygen atoms in total. The third-order valence-electron chi connectivity index (χ3n) is 3.63. The smallest absolute Gasteiger partial charge is 0.243 e. The summed E-state index contributed by atoms with van der Waals surface area (Å²) in [5.74, 6) is 0. The van der Waals surface area contributed by atoms with Crippen molar-refractivity contribution < 1.29 is 13.2 Å². The molecule has 2 heterocycles. The van der Waals surface area contributed by atoms with Crippen molar-refractivity contribution >= 4 is 27.1 Å². The Balaban J connectivity index is 1.99. The number of morpholine rings is 1. The largest absolute Gasteiger partial charge is 0.379 e. The van der Waals surface area contributed by atoms with Crippen LogP contribution in [0.1, 0.15) is 13.8 Å². The topological polar surface area (TPSA) is 71.0 Å². The maximum Gasteiger partial charge on any atom is 0.243 e. The van der Waals surface area contributed by atoms with Crippen LogP contribution in [-0.2, 0) is 14.8 Å². The number of nitrogens with zero attached hydrogens (tertiary/aromatic N) is 2. The number of rotatable bonds is 2. The fraction of sp³-hybridized carbons (Fsp3) is 0.400. The van der Waals surface area contributed by atoms with Crippen LogP contribution in [0.4, 0.5) is 11.4 Å². The second-order valence-electron chi connectivity index (χ2n) is 5.40. The van der Waals surface area contributed by atoms with Gasteiger partial charge in [0.15, 0.2) is 0 Å². The lowest BCUT2D eigenvalue weighted by Crippen LogP contribution is -2.40. The van der Waals surface area contributed by atoms with Gasteiger partial charge in [0.1, 0.15) is 0 Å². The molecule has 0 aromatic heterocycles. The first-order valence-corrected chi connectivity index (χ1v) is 8.63. The molecule has 0 amide bonds. The highest BCUT2D eigenvalue weighted by Gasteiger charge is 2.27. The minimum Gasteiger partial charge on any atom is -0.379 e. The molecule has 118 valence electrons. The van der Waals surface area contributed by atoms with Gasteiger partial charge >= 0.3 is 0 Å². The highest BCUT2D eigenvalue weighted by atomic mass is 32.2. The van der Waals surface area contributed by atoms with Crippen molar-refractivity contribution in [3.8, 4) is 0 Å². The molecule has 1 aromatic rings. The summed E-state index contributed by atoms with van der Waals surface area (Å²) in [6.45, 7) is 5.50. The fourth-order valence-electron chi connectivity index (χ4n) is 2.59. The van der Waals surface area contributed by atoms with Crippen LogP contribution >= 0.6 is 0 Å². The lowest BCUT2D eigenvalue weighted by Gasteiger charge is -2.26. The summed E-state index contributed by atoms with van der Waals surface area (Å²) >= 11 is 0. The molecule has 0 bridgehead atoms. The van der Waals surface area contributed by atoms with Crippen molar-refractivity contribution in [1.82, 2.24) is 4.31 Å². The van der Waals surface area contributed by atoms with E-state index in [0.29, 0.717) is 32.0 Å². The number of ether oxygens (including phenoxy) is 1. The SMILES string of the molecule is CC1=CC(C)=Nc2ccc(S(=O)(=O)N3CCOCC3)cc2N1. The molecule has 0 unspecified atom stereocenters. The van der Waals surface area contributed by atoms with Crippen LogP contribution in [0.15, 0.2) is 39.9 Å². The Labute approximate surface area is 130 Å². The number of nitrogens with one attached hydrogen (secondary N) is 1. The van der Waals surface area contributed by atoms with E-state index in [1.165, 1.54) is 4.31 Å². The molecule has 0 aliphatic carbocycles. The number of benzene rings is 1. The van der Waals surface area contributed by atoms with Crippen molar-refractivity contribution in [1.29, 1.82) is 0 Å². The van der Waals surface area contributed by atoms with Gasteiger partial charge in [0.05, 0.1) is 29.5 Å². The molecule has 22 heavy (non-hydrogen) atoms. The summed E-state index contributed by atoms with van der Waals surface area (Å²) in [5.41, 5.74) is 3.26. The van der Waals surface area contributed by atoms with Gasteiger partial charge in [0.2, 0.25) is 10.0 Å². The normalized spacial score (nSPS) is 19.5. The average Bonchev–Trinajstić information content (AvgIpc) is 2.63. The first-order chi connectivity index (χ1) is 10.5. The summed E-state index contributed by atoms with van der Waals surface area (Å²) in [5, 5.41) is 3.21. The average molecular weight is 321 g/mol. The number of anilines is 1. The van der Waals surface area contributed by atoms with Gasteiger partial charge in [0.25, 0.3) is 0 Å². The highest BCUT2D eigenvalue weighted by molar-refractivity contribution is 7.89. The zero-order valence-electron chi connectivity index (χ0n) is 12.7. The predicted octanol–water partition coefficient (Wildman–Crippen LogP) is 2.13. The van der Waals surface area contributed by atoms with Crippen molar-refractivity contribution in [3.63, 3.8) is 0 Å². The Morgan fingerprint density at radius 2 is 1.95 bits per heavy atom. The van der Waals surface area contributed by atoms with Crippen LogP contribution in [0.2, 0.25) is 0 Å². The first-order valence-electron chi connectivity index (χ1n) is 7.19. The summed E-state index contributed by atoms with van der Waals surface area (Å²) in [4.78, 5) is 4.76. The van der Waals surface area contributed by atoms with E-state index in [0.717, 1.165) is 17.1 Å². The van der Waals surface area contributed by atoms with E-state index in [9.17, 15) is 8.42 Å². The lowest BCUT2D eigenvalue weighted by atomic mass is 10.2. The fourth-order valence-corrected chi connectivity index (χ4v) is 4.03.